The van der Waals surface area contributed by atoms with E-state index in [9.17, 15) is 9.90 Å². The molecule has 3 unspecified atom stereocenters. The summed E-state index contributed by atoms with van der Waals surface area (Å²) in [5.41, 5.74) is -0.968. The molecule has 4 nitrogen and oxygen atoms in total. The fraction of sp³-hybridized carbons (Fsp3) is 0.923. The van der Waals surface area contributed by atoms with Gasteiger partial charge in [-0.25, -0.2) is 4.79 Å². The van der Waals surface area contributed by atoms with Gasteiger partial charge < -0.3 is 14.6 Å². The number of carbonyl (C=O) groups is 1. The average Bonchev–Trinajstić information content (AvgIpc) is 2.81. The summed E-state index contributed by atoms with van der Waals surface area (Å²) in [6.07, 6.45) is 5.78. The second-order valence-electron chi connectivity index (χ2n) is 5.29. The van der Waals surface area contributed by atoms with Gasteiger partial charge in [0.15, 0.2) is 5.60 Å². The Labute approximate surface area is 102 Å². The molecule has 1 saturated carbocycles. The first-order chi connectivity index (χ1) is 8.15. The van der Waals surface area contributed by atoms with Gasteiger partial charge in [0, 0.05) is 6.61 Å². The summed E-state index contributed by atoms with van der Waals surface area (Å²) >= 11 is 0. The van der Waals surface area contributed by atoms with Crippen molar-refractivity contribution in [2.45, 2.75) is 57.2 Å². The molecule has 17 heavy (non-hydrogen) atoms. The molecule has 1 heterocycles. The Bertz CT molecular complexity index is 273. The smallest absolute Gasteiger partial charge is 0.336 e. The van der Waals surface area contributed by atoms with Gasteiger partial charge in [-0.3, -0.25) is 0 Å². The lowest BCUT2D eigenvalue weighted by molar-refractivity contribution is -0.184. The Kier molecular flexibility index (Phi) is 4.05. The molecule has 0 amide bonds. The highest BCUT2D eigenvalue weighted by Crippen LogP contribution is 2.37. The van der Waals surface area contributed by atoms with Crippen LogP contribution in [0.25, 0.3) is 0 Å². The normalized spacial score (nSPS) is 38.2. The molecule has 1 aliphatic carbocycles. The van der Waals surface area contributed by atoms with E-state index in [1.165, 1.54) is 0 Å². The molecule has 0 bridgehead atoms. The summed E-state index contributed by atoms with van der Waals surface area (Å²) in [4.78, 5) is 11.5. The fourth-order valence-corrected chi connectivity index (χ4v) is 2.93. The molecule has 0 aromatic heterocycles. The molecule has 2 fully saturated rings. The zero-order valence-electron chi connectivity index (χ0n) is 10.5. The summed E-state index contributed by atoms with van der Waals surface area (Å²) in [5, 5.41) is 9.47. The highest BCUT2D eigenvalue weighted by molar-refractivity contribution is 5.78. The van der Waals surface area contributed by atoms with E-state index in [0.29, 0.717) is 13.0 Å². The lowest BCUT2D eigenvalue weighted by atomic mass is 9.76. The Morgan fingerprint density at radius 3 is 2.82 bits per heavy atom. The quantitative estimate of drug-likeness (QED) is 0.821. The summed E-state index contributed by atoms with van der Waals surface area (Å²) in [5.74, 6) is -0.710. The van der Waals surface area contributed by atoms with Crippen LogP contribution in [0.5, 0.6) is 0 Å². The zero-order chi connectivity index (χ0) is 12.3. The van der Waals surface area contributed by atoms with E-state index in [4.69, 9.17) is 9.47 Å². The molecule has 0 spiro atoms. The fourth-order valence-electron chi connectivity index (χ4n) is 2.93. The lowest BCUT2D eigenvalue weighted by Gasteiger charge is -2.39. The molecule has 0 aromatic rings. The third-order valence-electron chi connectivity index (χ3n) is 4.14. The van der Waals surface area contributed by atoms with Crippen molar-refractivity contribution in [3.63, 3.8) is 0 Å². The summed E-state index contributed by atoms with van der Waals surface area (Å²) < 4.78 is 11.3. The second kappa shape index (κ2) is 5.36. The van der Waals surface area contributed by atoms with Crippen LogP contribution in [0, 0.1) is 5.92 Å². The SMILES string of the molecule is CC1CCCCC1(OCC1CCCO1)C(=O)O. The van der Waals surface area contributed by atoms with E-state index in [0.717, 1.165) is 38.7 Å². The summed E-state index contributed by atoms with van der Waals surface area (Å²) in [6, 6.07) is 0. The minimum Gasteiger partial charge on any atom is -0.479 e. The minimum atomic E-state index is -0.968. The average molecular weight is 242 g/mol. The highest BCUT2D eigenvalue weighted by atomic mass is 16.6. The van der Waals surface area contributed by atoms with Crippen molar-refractivity contribution < 1.29 is 19.4 Å². The first-order valence-corrected chi connectivity index (χ1v) is 6.64. The maximum absolute atomic E-state index is 11.5. The van der Waals surface area contributed by atoms with Crippen LogP contribution >= 0.6 is 0 Å². The zero-order valence-corrected chi connectivity index (χ0v) is 10.5. The van der Waals surface area contributed by atoms with Crippen LogP contribution in [0.3, 0.4) is 0 Å². The number of hydrogen-bond acceptors (Lipinski definition) is 3. The molecule has 0 aromatic carbocycles. The monoisotopic (exact) mass is 242 g/mol. The van der Waals surface area contributed by atoms with Gasteiger partial charge in [0.05, 0.1) is 12.7 Å². The van der Waals surface area contributed by atoms with Crippen LogP contribution in [-0.2, 0) is 14.3 Å². The molecule has 2 aliphatic rings. The van der Waals surface area contributed by atoms with Crippen LogP contribution in [0.4, 0.5) is 0 Å². The van der Waals surface area contributed by atoms with Gasteiger partial charge >= 0.3 is 5.97 Å². The molecule has 4 heteroatoms. The number of rotatable bonds is 4. The number of carboxylic acids is 1. The van der Waals surface area contributed by atoms with E-state index in [-0.39, 0.29) is 12.0 Å². The molecule has 0 radical (unpaired) electrons. The number of ether oxygens (including phenoxy) is 2. The molecule has 1 aliphatic heterocycles. The van der Waals surface area contributed by atoms with Crippen molar-refractivity contribution >= 4 is 5.97 Å². The van der Waals surface area contributed by atoms with E-state index >= 15 is 0 Å². The second-order valence-corrected chi connectivity index (χ2v) is 5.29. The predicted octanol–water partition coefficient (Wildman–Crippen LogP) is 2.22. The minimum absolute atomic E-state index is 0.0927. The number of carboxylic acid groups (broad SMARTS) is 1. The third kappa shape index (κ3) is 2.63. The van der Waals surface area contributed by atoms with Gasteiger partial charge in [0.2, 0.25) is 0 Å². The first kappa shape index (κ1) is 12.8. The standard InChI is InChI=1S/C13H22O4/c1-10-5-2-3-7-13(10,12(14)15)17-9-11-6-4-8-16-11/h10-11H,2-9H2,1H3,(H,14,15). The van der Waals surface area contributed by atoms with Crippen molar-refractivity contribution in [2.75, 3.05) is 13.2 Å². The largest absolute Gasteiger partial charge is 0.479 e. The molecule has 98 valence electrons. The Morgan fingerprint density at radius 1 is 1.41 bits per heavy atom. The maximum atomic E-state index is 11.5. The highest BCUT2D eigenvalue weighted by Gasteiger charge is 2.46. The van der Waals surface area contributed by atoms with Gasteiger partial charge in [-0.2, -0.15) is 0 Å². The third-order valence-corrected chi connectivity index (χ3v) is 4.14. The maximum Gasteiger partial charge on any atom is 0.336 e. The predicted molar refractivity (Wildman–Crippen MR) is 62.9 cm³/mol. The van der Waals surface area contributed by atoms with Crippen molar-refractivity contribution in [3.8, 4) is 0 Å². The molecular formula is C13H22O4. The number of aliphatic carboxylic acids is 1. The van der Waals surface area contributed by atoms with Crippen molar-refractivity contribution in [2.24, 2.45) is 5.92 Å². The Hall–Kier alpha value is -0.610. The first-order valence-electron chi connectivity index (χ1n) is 6.64. The van der Waals surface area contributed by atoms with E-state index in [1.807, 2.05) is 6.92 Å². The molecule has 2 rings (SSSR count). The van der Waals surface area contributed by atoms with Gasteiger partial charge in [-0.15, -0.1) is 0 Å². The molecule has 1 N–H and O–H groups in total. The molecule has 1 saturated heterocycles. The van der Waals surface area contributed by atoms with Crippen LogP contribution in [-0.4, -0.2) is 36.0 Å². The van der Waals surface area contributed by atoms with Crippen LogP contribution in [0.1, 0.15) is 45.4 Å². The van der Waals surface area contributed by atoms with Crippen molar-refractivity contribution in [1.82, 2.24) is 0 Å². The lowest BCUT2D eigenvalue weighted by Crippen LogP contribution is -2.50. The van der Waals surface area contributed by atoms with Crippen LogP contribution in [0.2, 0.25) is 0 Å². The van der Waals surface area contributed by atoms with Crippen molar-refractivity contribution in [3.05, 3.63) is 0 Å². The van der Waals surface area contributed by atoms with Gasteiger partial charge in [-0.1, -0.05) is 13.3 Å². The van der Waals surface area contributed by atoms with Gasteiger partial charge in [0.1, 0.15) is 0 Å². The van der Waals surface area contributed by atoms with E-state index in [2.05, 4.69) is 0 Å². The summed E-state index contributed by atoms with van der Waals surface area (Å²) in [6.45, 7) is 3.20. The van der Waals surface area contributed by atoms with E-state index in [1.54, 1.807) is 0 Å². The van der Waals surface area contributed by atoms with Crippen LogP contribution in [0.15, 0.2) is 0 Å². The van der Waals surface area contributed by atoms with E-state index < -0.39 is 11.6 Å². The number of hydrogen-bond donors (Lipinski definition) is 1. The Balaban J connectivity index is 1.97. The topological polar surface area (TPSA) is 55.8 Å². The Morgan fingerprint density at radius 2 is 2.24 bits per heavy atom. The van der Waals surface area contributed by atoms with Gasteiger partial charge in [-0.05, 0) is 38.0 Å². The van der Waals surface area contributed by atoms with Gasteiger partial charge in [0.25, 0.3) is 0 Å². The molecule has 3 atom stereocenters. The summed E-state index contributed by atoms with van der Waals surface area (Å²) in [7, 11) is 0. The van der Waals surface area contributed by atoms with Crippen LogP contribution < -0.4 is 0 Å². The molecular weight excluding hydrogens is 220 g/mol. The van der Waals surface area contributed by atoms with Crippen molar-refractivity contribution in [1.29, 1.82) is 0 Å².